The summed E-state index contributed by atoms with van der Waals surface area (Å²) in [7, 11) is 1.80. The van der Waals surface area contributed by atoms with E-state index in [-0.39, 0.29) is 5.60 Å². The molecule has 0 saturated carbocycles. The molecule has 4 nitrogen and oxygen atoms in total. The Labute approximate surface area is 131 Å². The first-order valence-corrected chi connectivity index (χ1v) is 8.47. The second-order valence-corrected chi connectivity index (χ2v) is 6.58. The van der Waals surface area contributed by atoms with Crippen molar-refractivity contribution >= 4 is 17.7 Å². The van der Waals surface area contributed by atoms with Crippen molar-refractivity contribution < 1.29 is 4.74 Å². The quantitative estimate of drug-likeness (QED) is 0.367. The summed E-state index contributed by atoms with van der Waals surface area (Å²) < 4.78 is 5.77. The zero-order valence-corrected chi connectivity index (χ0v) is 13.7. The molecule has 0 radical (unpaired) electrons. The number of aliphatic imine (C=N–C) groups is 1. The molecule has 1 aliphatic rings. The van der Waals surface area contributed by atoms with Crippen LogP contribution in [0.3, 0.4) is 0 Å². The third kappa shape index (κ3) is 5.59. The van der Waals surface area contributed by atoms with E-state index in [4.69, 9.17) is 4.74 Å². The van der Waals surface area contributed by atoms with Gasteiger partial charge in [-0.05, 0) is 31.9 Å². The number of benzene rings is 1. The summed E-state index contributed by atoms with van der Waals surface area (Å²) in [5, 5.41) is 6.70. The van der Waals surface area contributed by atoms with E-state index in [1.54, 1.807) is 7.05 Å². The zero-order chi connectivity index (χ0) is 15.0. The van der Waals surface area contributed by atoms with Crippen molar-refractivity contribution in [3.63, 3.8) is 0 Å². The van der Waals surface area contributed by atoms with E-state index in [0.717, 1.165) is 44.3 Å². The molecular weight excluding hydrogens is 282 g/mol. The van der Waals surface area contributed by atoms with Gasteiger partial charge in [-0.2, -0.15) is 0 Å². The van der Waals surface area contributed by atoms with Crippen molar-refractivity contribution in [2.24, 2.45) is 4.99 Å². The molecule has 1 heterocycles. The van der Waals surface area contributed by atoms with Gasteiger partial charge in [-0.3, -0.25) is 4.99 Å². The van der Waals surface area contributed by atoms with Crippen LogP contribution >= 0.6 is 11.8 Å². The lowest BCUT2D eigenvalue weighted by Gasteiger charge is -2.24. The molecule has 0 aromatic heterocycles. The van der Waals surface area contributed by atoms with Crippen LogP contribution in [0.1, 0.15) is 19.8 Å². The molecule has 116 valence electrons. The molecule has 21 heavy (non-hydrogen) atoms. The second-order valence-electron chi connectivity index (χ2n) is 5.42. The van der Waals surface area contributed by atoms with Crippen molar-refractivity contribution in [1.82, 2.24) is 10.6 Å². The van der Waals surface area contributed by atoms with Crippen LogP contribution in [0.5, 0.6) is 0 Å². The van der Waals surface area contributed by atoms with Crippen LogP contribution < -0.4 is 10.6 Å². The standard InChI is InChI=1S/C16H25N3OS/c1-16(9-6-11-20-16)13-19-15(17-2)18-10-12-21-14-7-4-3-5-8-14/h3-5,7-8H,6,9-13H2,1-2H3,(H2,17,18,19). The van der Waals surface area contributed by atoms with E-state index < -0.39 is 0 Å². The Morgan fingerprint density at radius 2 is 2.14 bits per heavy atom. The van der Waals surface area contributed by atoms with Gasteiger partial charge in [0.2, 0.25) is 0 Å². The lowest BCUT2D eigenvalue weighted by molar-refractivity contribution is 0.0243. The topological polar surface area (TPSA) is 45.7 Å². The maximum absolute atomic E-state index is 5.77. The first kappa shape index (κ1) is 16.2. The van der Waals surface area contributed by atoms with Crippen LogP contribution in [0, 0.1) is 0 Å². The van der Waals surface area contributed by atoms with Gasteiger partial charge in [-0.15, -0.1) is 11.8 Å². The fourth-order valence-corrected chi connectivity index (χ4v) is 3.11. The fraction of sp³-hybridized carbons (Fsp3) is 0.562. The molecule has 1 aromatic carbocycles. The van der Waals surface area contributed by atoms with Crippen molar-refractivity contribution in [2.45, 2.75) is 30.3 Å². The van der Waals surface area contributed by atoms with Crippen LogP contribution in [-0.2, 0) is 4.74 Å². The van der Waals surface area contributed by atoms with Crippen molar-refractivity contribution in [3.05, 3.63) is 30.3 Å². The van der Waals surface area contributed by atoms with Crippen molar-refractivity contribution in [1.29, 1.82) is 0 Å². The summed E-state index contributed by atoms with van der Waals surface area (Å²) in [4.78, 5) is 5.55. The number of nitrogens with one attached hydrogen (secondary N) is 2. The molecule has 0 spiro atoms. The minimum absolute atomic E-state index is 0.0452. The highest BCUT2D eigenvalue weighted by Gasteiger charge is 2.29. The number of rotatable bonds is 6. The van der Waals surface area contributed by atoms with Gasteiger partial charge in [-0.1, -0.05) is 18.2 Å². The van der Waals surface area contributed by atoms with Crippen LogP contribution in [0.15, 0.2) is 40.2 Å². The molecule has 1 atom stereocenters. The van der Waals surface area contributed by atoms with Gasteiger partial charge in [0.1, 0.15) is 0 Å². The number of nitrogens with zero attached hydrogens (tertiary/aromatic N) is 1. The largest absolute Gasteiger partial charge is 0.373 e. The van der Waals surface area contributed by atoms with E-state index >= 15 is 0 Å². The molecule has 1 unspecified atom stereocenters. The molecule has 2 rings (SSSR count). The molecule has 0 bridgehead atoms. The molecule has 1 aromatic rings. The Balaban J connectivity index is 1.64. The predicted molar refractivity (Wildman–Crippen MR) is 90.1 cm³/mol. The molecule has 0 amide bonds. The van der Waals surface area contributed by atoms with Crippen LogP contribution in [0.25, 0.3) is 0 Å². The third-order valence-corrected chi connectivity index (χ3v) is 4.57. The lowest BCUT2D eigenvalue weighted by Crippen LogP contribution is -2.46. The predicted octanol–water partition coefficient (Wildman–Crippen LogP) is 2.51. The smallest absolute Gasteiger partial charge is 0.191 e. The number of ether oxygens (including phenoxy) is 1. The van der Waals surface area contributed by atoms with Gasteiger partial charge in [0.15, 0.2) is 5.96 Å². The highest BCUT2D eigenvalue weighted by Crippen LogP contribution is 2.23. The maximum Gasteiger partial charge on any atom is 0.191 e. The fourth-order valence-electron chi connectivity index (χ4n) is 2.32. The Morgan fingerprint density at radius 3 is 2.81 bits per heavy atom. The van der Waals surface area contributed by atoms with Crippen LogP contribution in [0.2, 0.25) is 0 Å². The van der Waals surface area contributed by atoms with E-state index in [0.29, 0.717) is 0 Å². The summed E-state index contributed by atoms with van der Waals surface area (Å²) in [5.41, 5.74) is -0.0452. The summed E-state index contributed by atoms with van der Waals surface area (Å²) in [6.45, 7) is 4.72. The van der Waals surface area contributed by atoms with Crippen molar-refractivity contribution in [2.75, 3.05) is 32.5 Å². The highest BCUT2D eigenvalue weighted by atomic mass is 32.2. The third-order valence-electron chi connectivity index (χ3n) is 3.56. The summed E-state index contributed by atoms with van der Waals surface area (Å²) in [6.07, 6.45) is 2.26. The second kappa shape index (κ2) is 8.29. The SMILES string of the molecule is CN=C(NCCSc1ccccc1)NCC1(C)CCCO1. The molecule has 5 heteroatoms. The lowest BCUT2D eigenvalue weighted by atomic mass is 10.0. The van der Waals surface area contributed by atoms with Gasteiger partial charge < -0.3 is 15.4 Å². The van der Waals surface area contributed by atoms with E-state index in [1.165, 1.54) is 4.90 Å². The van der Waals surface area contributed by atoms with Crippen molar-refractivity contribution in [3.8, 4) is 0 Å². The Bertz CT molecular complexity index is 444. The van der Waals surface area contributed by atoms with E-state index in [1.807, 2.05) is 17.8 Å². The molecule has 1 saturated heterocycles. The van der Waals surface area contributed by atoms with Gasteiger partial charge in [0.25, 0.3) is 0 Å². The van der Waals surface area contributed by atoms with Crippen LogP contribution in [0.4, 0.5) is 0 Å². The zero-order valence-electron chi connectivity index (χ0n) is 12.9. The Hall–Kier alpha value is -1.20. The summed E-state index contributed by atoms with van der Waals surface area (Å²) >= 11 is 1.85. The summed E-state index contributed by atoms with van der Waals surface area (Å²) in [5.74, 6) is 1.86. The molecule has 2 N–H and O–H groups in total. The number of hydrogen-bond donors (Lipinski definition) is 2. The number of thioether (sulfide) groups is 1. The minimum atomic E-state index is -0.0452. The average molecular weight is 307 g/mol. The highest BCUT2D eigenvalue weighted by molar-refractivity contribution is 7.99. The molecule has 1 fully saturated rings. The average Bonchev–Trinajstić information content (AvgIpc) is 2.95. The Morgan fingerprint density at radius 1 is 1.33 bits per heavy atom. The normalized spacial score (nSPS) is 22.3. The van der Waals surface area contributed by atoms with Gasteiger partial charge in [0, 0.05) is 37.4 Å². The maximum atomic E-state index is 5.77. The van der Waals surface area contributed by atoms with Crippen LogP contribution in [-0.4, -0.2) is 44.1 Å². The Kier molecular flexibility index (Phi) is 6.39. The first-order chi connectivity index (χ1) is 10.2. The monoisotopic (exact) mass is 307 g/mol. The van der Waals surface area contributed by atoms with Gasteiger partial charge in [-0.25, -0.2) is 0 Å². The minimum Gasteiger partial charge on any atom is -0.373 e. The van der Waals surface area contributed by atoms with E-state index in [2.05, 4.69) is 46.8 Å². The molecule has 1 aliphatic heterocycles. The molecular formula is C16H25N3OS. The van der Waals surface area contributed by atoms with E-state index in [9.17, 15) is 0 Å². The summed E-state index contributed by atoms with van der Waals surface area (Å²) in [6, 6.07) is 10.4. The molecule has 0 aliphatic carbocycles. The first-order valence-electron chi connectivity index (χ1n) is 7.48. The number of guanidine groups is 1. The van der Waals surface area contributed by atoms with Gasteiger partial charge in [0.05, 0.1) is 5.60 Å². The van der Waals surface area contributed by atoms with Gasteiger partial charge >= 0.3 is 0 Å². The number of hydrogen-bond acceptors (Lipinski definition) is 3.